The third kappa shape index (κ3) is 1.60. The number of rotatable bonds is 1. The molecule has 5 heteroatoms. The van der Waals surface area contributed by atoms with Crippen LogP contribution in [0.15, 0.2) is 41.1 Å². The maximum absolute atomic E-state index is 12.0. The minimum absolute atomic E-state index is 0. The Labute approximate surface area is 147 Å². The maximum atomic E-state index is 12.0. The van der Waals surface area contributed by atoms with Crippen molar-refractivity contribution in [2.24, 2.45) is 5.92 Å². The fourth-order valence-corrected chi connectivity index (χ4v) is 5.50. The number of anilines is 1. The van der Waals surface area contributed by atoms with Crippen LogP contribution in [0.2, 0.25) is 0 Å². The number of phenolic OH excluding ortho intramolecular Hbond substituents is 1. The molecule has 126 valence electrons. The molecule has 1 unspecified atom stereocenters. The largest absolute Gasteiger partial charge is 0.506 e. The van der Waals surface area contributed by atoms with Gasteiger partial charge in [0.25, 0.3) is 0 Å². The predicted molar refractivity (Wildman–Crippen MR) is 95.6 cm³/mol. The quantitative estimate of drug-likeness (QED) is 0.467. The molecule has 3 atom stereocenters. The zero-order chi connectivity index (χ0) is 15.8. The van der Waals surface area contributed by atoms with E-state index in [9.17, 15) is 9.90 Å². The lowest BCUT2D eigenvalue weighted by Gasteiger charge is -2.48. The van der Waals surface area contributed by atoms with E-state index >= 15 is 0 Å². The summed E-state index contributed by atoms with van der Waals surface area (Å²) in [7, 11) is 0. The second-order valence-corrected chi connectivity index (χ2v) is 7.13. The van der Waals surface area contributed by atoms with E-state index in [2.05, 4.69) is 29.3 Å². The molecule has 1 aromatic carbocycles. The Morgan fingerprint density at radius 1 is 1.42 bits per heavy atom. The van der Waals surface area contributed by atoms with Gasteiger partial charge in [-0.25, -0.2) is 0 Å². The highest BCUT2D eigenvalue weighted by atomic mass is 35.5. The fraction of sp³-hybridized carbons (Fsp3) is 0.421. The van der Waals surface area contributed by atoms with Crippen LogP contribution in [0.25, 0.3) is 0 Å². The fourth-order valence-electron chi connectivity index (χ4n) is 5.50. The van der Waals surface area contributed by atoms with E-state index in [-0.39, 0.29) is 29.5 Å². The maximum Gasteiger partial charge on any atom is 0.148 e. The highest BCUT2D eigenvalue weighted by Gasteiger charge is 2.61. The number of piperidine rings is 1. The van der Waals surface area contributed by atoms with Crippen molar-refractivity contribution in [3.05, 3.63) is 46.7 Å². The Morgan fingerprint density at radius 3 is 3.00 bits per heavy atom. The van der Waals surface area contributed by atoms with Crippen molar-refractivity contribution in [3.63, 3.8) is 0 Å². The van der Waals surface area contributed by atoms with Gasteiger partial charge in [-0.2, -0.15) is 0 Å². The van der Waals surface area contributed by atoms with Crippen molar-refractivity contribution in [2.75, 3.05) is 18.4 Å². The highest BCUT2D eigenvalue weighted by molar-refractivity contribution is 5.86. The number of benzene rings is 1. The average molecular weight is 345 g/mol. The molecule has 2 bridgehead atoms. The van der Waals surface area contributed by atoms with E-state index in [0.717, 1.165) is 49.2 Å². The van der Waals surface area contributed by atoms with Crippen LogP contribution in [0.4, 0.5) is 5.69 Å². The van der Waals surface area contributed by atoms with Crippen LogP contribution in [-0.2, 0) is 10.2 Å². The number of hydrogen-bond donors (Lipinski definition) is 2. The molecule has 3 aliphatic heterocycles. The number of hydrogen-bond acceptors (Lipinski definition) is 4. The third-order valence-corrected chi connectivity index (χ3v) is 6.48. The number of allylic oxidation sites excluding steroid dienone is 2. The first-order valence-electron chi connectivity index (χ1n) is 8.39. The summed E-state index contributed by atoms with van der Waals surface area (Å²) in [5, 5.41) is 13.7. The van der Waals surface area contributed by atoms with E-state index in [0.29, 0.717) is 6.04 Å². The number of carbonyl (C=O) groups excluding carboxylic acids is 1. The van der Waals surface area contributed by atoms with Gasteiger partial charge in [0.05, 0.1) is 11.1 Å². The summed E-state index contributed by atoms with van der Waals surface area (Å²) < 4.78 is 0. The molecule has 1 aliphatic carbocycles. The molecule has 0 aromatic heterocycles. The Balaban J connectivity index is 0.00000146. The molecule has 1 aromatic rings. The van der Waals surface area contributed by atoms with Crippen molar-refractivity contribution in [1.29, 1.82) is 0 Å². The first-order chi connectivity index (χ1) is 11.2. The zero-order valence-electron chi connectivity index (χ0n) is 13.6. The highest BCUT2D eigenvalue weighted by Crippen LogP contribution is 2.61. The topological polar surface area (TPSA) is 52.6 Å². The van der Waals surface area contributed by atoms with Crippen LogP contribution >= 0.6 is 12.4 Å². The van der Waals surface area contributed by atoms with Gasteiger partial charge in [-0.3, -0.25) is 9.69 Å². The van der Waals surface area contributed by atoms with E-state index in [1.807, 2.05) is 6.07 Å². The summed E-state index contributed by atoms with van der Waals surface area (Å²) in [6, 6.07) is 6.18. The Hall–Kier alpha value is -1.78. The molecule has 0 radical (unpaired) electrons. The molecule has 2 saturated heterocycles. The molecule has 2 fully saturated rings. The van der Waals surface area contributed by atoms with E-state index in [1.54, 1.807) is 6.07 Å². The van der Waals surface area contributed by atoms with Crippen molar-refractivity contribution >= 4 is 24.4 Å². The van der Waals surface area contributed by atoms with Gasteiger partial charge in [-0.15, -0.1) is 12.4 Å². The van der Waals surface area contributed by atoms with Crippen LogP contribution in [-0.4, -0.2) is 35.4 Å². The van der Waals surface area contributed by atoms with E-state index < -0.39 is 0 Å². The van der Waals surface area contributed by atoms with Gasteiger partial charge in [0, 0.05) is 36.3 Å². The molecule has 0 amide bonds. The van der Waals surface area contributed by atoms with Crippen LogP contribution in [0, 0.1) is 5.92 Å². The smallest absolute Gasteiger partial charge is 0.148 e. The summed E-state index contributed by atoms with van der Waals surface area (Å²) in [5.74, 6) is 0.507. The number of halogens is 1. The van der Waals surface area contributed by atoms with Gasteiger partial charge in [-0.1, -0.05) is 23.8 Å². The monoisotopic (exact) mass is 344 g/mol. The first-order valence-corrected chi connectivity index (χ1v) is 8.39. The molecule has 4 aliphatic rings. The number of nitrogens with zero attached hydrogens (tertiary/aromatic N) is 1. The van der Waals surface area contributed by atoms with Crippen molar-refractivity contribution in [3.8, 4) is 5.75 Å². The van der Waals surface area contributed by atoms with E-state index in [1.165, 1.54) is 11.1 Å². The van der Waals surface area contributed by atoms with Gasteiger partial charge < -0.3 is 10.4 Å². The number of aldehydes is 1. The molecule has 2 N–H and O–H groups in total. The second-order valence-electron chi connectivity index (χ2n) is 7.13. The normalized spacial score (nSPS) is 34.5. The molecule has 0 saturated carbocycles. The van der Waals surface area contributed by atoms with Crippen molar-refractivity contribution < 1.29 is 9.90 Å². The number of nitrogens with one attached hydrogen (secondary N) is 1. The van der Waals surface area contributed by atoms with Crippen LogP contribution in [0.5, 0.6) is 5.75 Å². The lowest BCUT2D eigenvalue weighted by molar-refractivity contribution is -0.105. The Morgan fingerprint density at radius 2 is 2.25 bits per heavy atom. The molecule has 24 heavy (non-hydrogen) atoms. The second kappa shape index (κ2) is 5.11. The molecular weight excluding hydrogens is 324 g/mol. The minimum atomic E-state index is -0.139. The molecule has 4 nitrogen and oxygen atoms in total. The van der Waals surface area contributed by atoms with Gasteiger partial charge in [-0.05, 0) is 31.4 Å². The Bertz CT molecular complexity index is 801. The first kappa shape index (κ1) is 15.7. The van der Waals surface area contributed by atoms with Crippen LogP contribution < -0.4 is 5.32 Å². The summed E-state index contributed by atoms with van der Waals surface area (Å²) in [4.78, 5) is 14.5. The summed E-state index contributed by atoms with van der Waals surface area (Å²) in [5.41, 5.74) is 5.13. The van der Waals surface area contributed by atoms with Crippen molar-refractivity contribution in [1.82, 2.24) is 4.90 Å². The third-order valence-electron chi connectivity index (χ3n) is 6.48. The summed E-state index contributed by atoms with van der Waals surface area (Å²) >= 11 is 0. The number of aromatic hydroxyl groups is 1. The van der Waals surface area contributed by atoms with E-state index in [4.69, 9.17) is 0 Å². The summed E-state index contributed by atoms with van der Waals surface area (Å²) in [6.07, 6.45) is 5.24. The number of fused-ring (bicyclic) bond motifs is 2. The zero-order valence-corrected chi connectivity index (χ0v) is 14.4. The van der Waals surface area contributed by atoms with Crippen LogP contribution in [0.3, 0.4) is 0 Å². The predicted octanol–water partition coefficient (Wildman–Crippen LogP) is 2.98. The van der Waals surface area contributed by atoms with Crippen LogP contribution in [0.1, 0.15) is 25.3 Å². The lowest BCUT2D eigenvalue weighted by Crippen LogP contribution is -2.52. The summed E-state index contributed by atoms with van der Waals surface area (Å²) in [6.45, 7) is 4.08. The van der Waals surface area contributed by atoms with Gasteiger partial charge in [0.2, 0.25) is 0 Å². The van der Waals surface area contributed by atoms with Gasteiger partial charge >= 0.3 is 0 Å². The van der Waals surface area contributed by atoms with Crippen molar-refractivity contribution in [2.45, 2.75) is 31.2 Å². The molecular formula is C19H21ClN2O2. The SMILES string of the molecule is C/C=C1\CN2CC[C@]34C(=C(C=O)[C@H]1CC23)Nc1c(O)cccc14.Cl. The number of phenols is 1. The molecule has 3 heterocycles. The number of carbonyl (C=O) groups is 1. The standard InChI is InChI=1S/C19H20N2O2.ClH/c1-2-11-9-21-7-6-19-14-4-3-5-15(23)17(14)20-18(19)13(10-22)12(11)8-16(19)21;/h2-5,10,12,16,20,23H,6-9H2,1H3;1H/b11-2+;/t12-,16?,19+;/m0./s1. The average Bonchev–Trinajstić information content (AvgIpc) is 3.12. The Kier molecular flexibility index (Phi) is 3.35. The van der Waals surface area contributed by atoms with Gasteiger partial charge in [0.15, 0.2) is 0 Å². The van der Waals surface area contributed by atoms with Gasteiger partial charge in [0.1, 0.15) is 12.0 Å². The number of para-hydroxylation sites is 1. The lowest BCUT2D eigenvalue weighted by atomic mass is 9.62. The molecule has 1 spiro atoms. The minimum Gasteiger partial charge on any atom is -0.506 e. The molecule has 5 rings (SSSR count).